The molecular weight excluding hydrogens is 414 g/mol. The molecule has 1 N–H and O–H groups in total. The quantitative estimate of drug-likeness (QED) is 0.446. The van der Waals surface area contributed by atoms with Crippen molar-refractivity contribution in [1.29, 1.82) is 0 Å². The van der Waals surface area contributed by atoms with Crippen molar-refractivity contribution in [2.24, 2.45) is 0 Å². The summed E-state index contributed by atoms with van der Waals surface area (Å²) in [5, 5.41) is 13.9. The Hall–Kier alpha value is -3.62. The van der Waals surface area contributed by atoms with E-state index in [-0.39, 0.29) is 42.3 Å². The van der Waals surface area contributed by atoms with Crippen molar-refractivity contribution in [3.05, 3.63) is 63.7 Å². The van der Waals surface area contributed by atoms with Crippen LogP contribution in [0.2, 0.25) is 0 Å². The van der Waals surface area contributed by atoms with E-state index in [9.17, 15) is 19.7 Å². The second-order valence-corrected chi connectivity index (χ2v) is 7.67. The number of nitro groups is 1. The van der Waals surface area contributed by atoms with Crippen molar-refractivity contribution in [2.45, 2.75) is 46.3 Å². The Balaban J connectivity index is 2.21. The van der Waals surface area contributed by atoms with Gasteiger partial charge in [0.25, 0.3) is 5.91 Å². The largest absolute Gasteiger partial charge is 0.490 e. The van der Waals surface area contributed by atoms with E-state index in [0.29, 0.717) is 0 Å². The predicted octanol–water partition coefficient (Wildman–Crippen LogP) is 3.23. The Kier molecular flexibility index (Phi) is 8.57. The van der Waals surface area contributed by atoms with Crippen LogP contribution in [0.4, 0.5) is 5.69 Å². The standard InChI is InChI=1S/C23H29N3O6/c1-15(2)24-23(28)17(4)25(13-18-9-7-6-8-16(18)3)22(27)14-32-19-10-11-20(26(29)30)21(12-19)31-5/h6-12,15,17H,13-14H2,1-5H3,(H,24,28). The van der Waals surface area contributed by atoms with Gasteiger partial charge in [0.2, 0.25) is 11.7 Å². The maximum absolute atomic E-state index is 13.1. The molecule has 0 aliphatic carbocycles. The molecule has 0 spiro atoms. The lowest BCUT2D eigenvalue weighted by molar-refractivity contribution is -0.385. The summed E-state index contributed by atoms with van der Waals surface area (Å²) in [4.78, 5) is 37.6. The summed E-state index contributed by atoms with van der Waals surface area (Å²) in [6.45, 7) is 7.21. The summed E-state index contributed by atoms with van der Waals surface area (Å²) < 4.78 is 10.6. The average Bonchev–Trinajstić information content (AvgIpc) is 2.75. The number of hydrogen-bond donors (Lipinski definition) is 1. The second-order valence-electron chi connectivity index (χ2n) is 7.67. The molecule has 32 heavy (non-hydrogen) atoms. The lowest BCUT2D eigenvalue weighted by atomic mass is 10.1. The maximum atomic E-state index is 13.1. The normalized spacial score (nSPS) is 11.6. The fraction of sp³-hybridized carbons (Fsp3) is 0.391. The van der Waals surface area contributed by atoms with E-state index in [1.54, 1.807) is 6.92 Å². The zero-order chi connectivity index (χ0) is 23.8. The van der Waals surface area contributed by atoms with Gasteiger partial charge in [0.15, 0.2) is 6.61 Å². The van der Waals surface area contributed by atoms with Crippen molar-refractivity contribution in [3.8, 4) is 11.5 Å². The summed E-state index contributed by atoms with van der Waals surface area (Å²) in [6.07, 6.45) is 0. The average molecular weight is 444 g/mol. The molecule has 0 heterocycles. The minimum absolute atomic E-state index is 0.0291. The fourth-order valence-corrected chi connectivity index (χ4v) is 3.09. The summed E-state index contributed by atoms with van der Waals surface area (Å²) >= 11 is 0. The zero-order valence-corrected chi connectivity index (χ0v) is 19.0. The lowest BCUT2D eigenvalue weighted by Crippen LogP contribution is -2.50. The topological polar surface area (TPSA) is 111 Å². The number of benzene rings is 2. The first-order valence-electron chi connectivity index (χ1n) is 10.2. The molecule has 2 aromatic rings. The fourth-order valence-electron chi connectivity index (χ4n) is 3.09. The number of rotatable bonds is 10. The van der Waals surface area contributed by atoms with Crippen molar-refractivity contribution in [3.63, 3.8) is 0 Å². The van der Waals surface area contributed by atoms with Crippen molar-refractivity contribution in [1.82, 2.24) is 10.2 Å². The van der Waals surface area contributed by atoms with Gasteiger partial charge in [-0.15, -0.1) is 0 Å². The first-order chi connectivity index (χ1) is 15.1. The molecule has 2 rings (SSSR count). The molecule has 0 saturated heterocycles. The Morgan fingerprint density at radius 3 is 2.44 bits per heavy atom. The summed E-state index contributed by atoms with van der Waals surface area (Å²) in [6, 6.07) is 10.8. The lowest BCUT2D eigenvalue weighted by Gasteiger charge is -2.29. The first-order valence-corrected chi connectivity index (χ1v) is 10.2. The minimum Gasteiger partial charge on any atom is -0.490 e. The smallest absolute Gasteiger partial charge is 0.311 e. The van der Waals surface area contributed by atoms with Crippen LogP contribution in [-0.4, -0.2) is 47.4 Å². The maximum Gasteiger partial charge on any atom is 0.311 e. The number of hydrogen-bond acceptors (Lipinski definition) is 6. The number of nitrogens with one attached hydrogen (secondary N) is 1. The molecule has 0 fully saturated rings. The number of amides is 2. The molecule has 9 nitrogen and oxygen atoms in total. The van der Waals surface area contributed by atoms with E-state index in [4.69, 9.17) is 9.47 Å². The van der Waals surface area contributed by atoms with Crippen LogP contribution < -0.4 is 14.8 Å². The molecular formula is C23H29N3O6. The molecule has 0 saturated carbocycles. The number of carbonyl (C=O) groups is 2. The number of methoxy groups -OCH3 is 1. The Labute approximate surface area is 187 Å². The van der Waals surface area contributed by atoms with E-state index in [0.717, 1.165) is 11.1 Å². The molecule has 0 radical (unpaired) electrons. The van der Waals surface area contributed by atoms with Gasteiger partial charge in [-0.1, -0.05) is 24.3 Å². The van der Waals surface area contributed by atoms with Crippen molar-refractivity contribution < 1.29 is 24.0 Å². The monoisotopic (exact) mass is 443 g/mol. The molecule has 1 unspecified atom stereocenters. The molecule has 0 aliphatic heterocycles. The first kappa shape index (κ1) is 24.6. The number of nitrogens with zero attached hydrogens (tertiary/aromatic N) is 2. The van der Waals surface area contributed by atoms with Crippen LogP contribution in [0.5, 0.6) is 11.5 Å². The van der Waals surface area contributed by atoms with Crippen LogP contribution in [0.15, 0.2) is 42.5 Å². The third kappa shape index (κ3) is 6.44. The molecule has 1 atom stereocenters. The Morgan fingerprint density at radius 1 is 1.16 bits per heavy atom. The molecule has 2 aromatic carbocycles. The Bertz CT molecular complexity index is 976. The van der Waals surface area contributed by atoms with E-state index in [1.807, 2.05) is 45.0 Å². The summed E-state index contributed by atoms with van der Waals surface area (Å²) in [5.41, 5.74) is 1.72. The van der Waals surface area contributed by atoms with Gasteiger partial charge < -0.3 is 19.7 Å². The van der Waals surface area contributed by atoms with Gasteiger partial charge in [0.05, 0.1) is 12.0 Å². The SMILES string of the molecule is COc1cc(OCC(=O)N(Cc2ccccc2C)C(C)C(=O)NC(C)C)ccc1[N+](=O)[O-]. The van der Waals surface area contributed by atoms with Gasteiger partial charge in [-0.05, 0) is 44.9 Å². The highest BCUT2D eigenvalue weighted by molar-refractivity contribution is 5.88. The third-order valence-electron chi connectivity index (χ3n) is 4.91. The van der Waals surface area contributed by atoms with Gasteiger partial charge in [0, 0.05) is 24.7 Å². The van der Waals surface area contributed by atoms with E-state index >= 15 is 0 Å². The predicted molar refractivity (Wildman–Crippen MR) is 120 cm³/mol. The molecule has 9 heteroatoms. The summed E-state index contributed by atoms with van der Waals surface area (Å²) in [5.74, 6) is -0.381. The van der Waals surface area contributed by atoms with Crippen LogP contribution in [0, 0.1) is 17.0 Å². The molecule has 172 valence electrons. The van der Waals surface area contributed by atoms with Gasteiger partial charge >= 0.3 is 5.69 Å². The van der Waals surface area contributed by atoms with Gasteiger partial charge in [-0.3, -0.25) is 19.7 Å². The zero-order valence-electron chi connectivity index (χ0n) is 19.0. The highest BCUT2D eigenvalue weighted by Gasteiger charge is 2.27. The van der Waals surface area contributed by atoms with Crippen LogP contribution in [0.1, 0.15) is 31.9 Å². The van der Waals surface area contributed by atoms with Crippen molar-refractivity contribution >= 4 is 17.5 Å². The minimum atomic E-state index is -0.723. The van der Waals surface area contributed by atoms with E-state index in [2.05, 4.69) is 5.32 Å². The summed E-state index contributed by atoms with van der Waals surface area (Å²) in [7, 11) is 1.32. The molecule has 0 bridgehead atoms. The van der Waals surface area contributed by atoms with E-state index < -0.39 is 16.9 Å². The van der Waals surface area contributed by atoms with Crippen molar-refractivity contribution in [2.75, 3.05) is 13.7 Å². The van der Waals surface area contributed by atoms with Gasteiger partial charge in [0.1, 0.15) is 11.8 Å². The highest BCUT2D eigenvalue weighted by Crippen LogP contribution is 2.30. The highest BCUT2D eigenvalue weighted by atomic mass is 16.6. The number of aryl methyl sites for hydroxylation is 1. The molecule has 2 amide bonds. The van der Waals surface area contributed by atoms with Crippen LogP contribution >= 0.6 is 0 Å². The third-order valence-corrected chi connectivity index (χ3v) is 4.91. The van der Waals surface area contributed by atoms with Crippen LogP contribution in [0.3, 0.4) is 0 Å². The number of ether oxygens (including phenoxy) is 2. The van der Waals surface area contributed by atoms with Crippen LogP contribution in [0.25, 0.3) is 0 Å². The van der Waals surface area contributed by atoms with Crippen LogP contribution in [-0.2, 0) is 16.1 Å². The molecule has 0 aromatic heterocycles. The van der Waals surface area contributed by atoms with Gasteiger partial charge in [-0.25, -0.2) is 0 Å². The van der Waals surface area contributed by atoms with E-state index in [1.165, 1.54) is 30.2 Å². The number of carbonyl (C=O) groups excluding carboxylic acids is 2. The van der Waals surface area contributed by atoms with Gasteiger partial charge in [-0.2, -0.15) is 0 Å². The molecule has 0 aliphatic rings. The Morgan fingerprint density at radius 2 is 1.84 bits per heavy atom. The second kappa shape index (κ2) is 11.1. The number of nitro benzene ring substituents is 1.